The molecule has 0 aliphatic rings. The van der Waals surface area contributed by atoms with Gasteiger partial charge in [-0.15, -0.1) is 0 Å². The predicted molar refractivity (Wildman–Crippen MR) is 38.8 cm³/mol. The van der Waals surface area contributed by atoms with Crippen LogP contribution >= 0.6 is 15.9 Å². The minimum atomic E-state index is -1.07. The highest BCUT2D eigenvalue weighted by atomic mass is 79.9. The van der Waals surface area contributed by atoms with E-state index in [0.717, 1.165) is 11.0 Å². The lowest BCUT2D eigenvalue weighted by atomic mass is 10.6. The van der Waals surface area contributed by atoms with Crippen molar-refractivity contribution in [2.24, 2.45) is 0 Å². The third-order valence-corrected chi connectivity index (χ3v) is 1.44. The van der Waals surface area contributed by atoms with Crippen LogP contribution < -0.4 is 0 Å². The molecule has 0 aliphatic carbocycles. The molecule has 0 saturated heterocycles. The Bertz CT molecular complexity index is 140. The van der Waals surface area contributed by atoms with Gasteiger partial charge in [0, 0.05) is 6.54 Å². The second-order valence-corrected chi connectivity index (χ2v) is 1.99. The Morgan fingerprint density at radius 3 is 2.70 bits per heavy atom. The average molecular weight is 212 g/mol. The summed E-state index contributed by atoms with van der Waals surface area (Å²) in [4.78, 5) is 11.2. The Morgan fingerprint density at radius 2 is 2.40 bits per heavy atom. The summed E-state index contributed by atoms with van der Waals surface area (Å²) < 4.78 is 11.3. The third kappa shape index (κ3) is 3.45. The number of amides is 1. The highest BCUT2D eigenvalue weighted by Crippen LogP contribution is 1.94. The lowest BCUT2D eigenvalue weighted by Crippen LogP contribution is -2.27. The highest BCUT2D eigenvalue weighted by Gasteiger charge is 2.05. The fraction of sp³-hybridized carbons (Fsp3) is 0.400. The van der Waals surface area contributed by atoms with Crippen molar-refractivity contribution < 1.29 is 14.3 Å². The summed E-state index contributed by atoms with van der Waals surface area (Å²) in [5.41, 5.74) is 0.187. The number of alkyl halides is 1. The van der Waals surface area contributed by atoms with E-state index in [9.17, 15) is 9.18 Å². The molecule has 0 saturated carbocycles. The molecule has 0 aromatic carbocycles. The maximum atomic E-state index is 11.3. The topological polar surface area (TPSA) is 40.5 Å². The molecule has 0 aromatic heterocycles. The molecular weight excluding hydrogens is 205 g/mol. The van der Waals surface area contributed by atoms with Crippen LogP contribution in [0.25, 0.3) is 0 Å². The first kappa shape index (κ1) is 9.42. The van der Waals surface area contributed by atoms with Crippen LogP contribution in [0, 0.1) is 0 Å². The van der Waals surface area contributed by atoms with Crippen LogP contribution in [0.1, 0.15) is 0 Å². The van der Waals surface area contributed by atoms with E-state index >= 15 is 0 Å². The van der Waals surface area contributed by atoms with E-state index < -0.39 is 6.09 Å². The van der Waals surface area contributed by atoms with Gasteiger partial charge in [-0.2, -0.15) is 0 Å². The first-order valence-electron chi connectivity index (χ1n) is 2.51. The van der Waals surface area contributed by atoms with E-state index in [2.05, 4.69) is 15.9 Å². The van der Waals surface area contributed by atoms with Crippen molar-refractivity contribution >= 4 is 22.0 Å². The second-order valence-electron chi connectivity index (χ2n) is 1.49. The maximum Gasteiger partial charge on any atom is 0.408 e. The third-order valence-electron chi connectivity index (χ3n) is 0.830. The predicted octanol–water partition coefficient (Wildman–Crippen LogP) is 1.80. The van der Waals surface area contributed by atoms with Gasteiger partial charge in [0.25, 0.3) is 0 Å². The summed E-state index contributed by atoms with van der Waals surface area (Å²) in [6.45, 7) is 0.0666. The minimum absolute atomic E-state index is 0.0666. The van der Waals surface area contributed by atoms with E-state index in [1.807, 2.05) is 0 Å². The van der Waals surface area contributed by atoms with Gasteiger partial charge in [-0.1, -0.05) is 15.9 Å². The molecule has 58 valence electrons. The molecule has 0 aliphatic heterocycles. The summed E-state index contributed by atoms with van der Waals surface area (Å²) in [5.74, 6) is 0. The summed E-state index contributed by atoms with van der Waals surface area (Å²) >= 11 is 2.94. The quantitative estimate of drug-likeness (QED) is 0.572. The van der Waals surface area contributed by atoms with Crippen LogP contribution in [0.2, 0.25) is 0 Å². The van der Waals surface area contributed by atoms with Gasteiger partial charge in [-0.25, -0.2) is 9.18 Å². The Balaban J connectivity index is 3.71. The lowest BCUT2D eigenvalue weighted by molar-refractivity contribution is 0.158. The van der Waals surface area contributed by atoms with Gasteiger partial charge in [0.1, 0.15) is 0 Å². The zero-order chi connectivity index (χ0) is 7.98. The van der Waals surface area contributed by atoms with Crippen LogP contribution in [0.4, 0.5) is 9.18 Å². The van der Waals surface area contributed by atoms with Crippen molar-refractivity contribution in [2.75, 3.05) is 12.0 Å². The van der Waals surface area contributed by atoms with Gasteiger partial charge >= 0.3 is 6.09 Å². The van der Waals surface area contributed by atoms with Crippen molar-refractivity contribution in [3.05, 3.63) is 12.4 Å². The SMILES string of the molecule is O=C(O)N(CBr)CC=CF. The maximum absolute atomic E-state index is 11.3. The normalized spacial score (nSPS) is 10.2. The van der Waals surface area contributed by atoms with Gasteiger partial charge in [0.05, 0.1) is 11.8 Å². The number of hydrogen-bond acceptors (Lipinski definition) is 1. The highest BCUT2D eigenvalue weighted by molar-refractivity contribution is 9.09. The van der Waals surface area contributed by atoms with E-state index in [1.54, 1.807) is 0 Å². The molecule has 0 rings (SSSR count). The van der Waals surface area contributed by atoms with Crippen molar-refractivity contribution in [1.29, 1.82) is 0 Å². The standard InChI is InChI=1S/C5H7BrFNO2/c6-4-8(5(9)10)3-1-2-7/h1-2H,3-4H2,(H,9,10). The van der Waals surface area contributed by atoms with Crippen molar-refractivity contribution in [3.8, 4) is 0 Å². The van der Waals surface area contributed by atoms with Gasteiger partial charge < -0.3 is 5.11 Å². The first-order valence-corrected chi connectivity index (χ1v) is 3.63. The van der Waals surface area contributed by atoms with Crippen LogP contribution in [-0.4, -0.2) is 28.1 Å². The van der Waals surface area contributed by atoms with Gasteiger partial charge in [0.15, 0.2) is 0 Å². The fourth-order valence-corrected chi connectivity index (χ4v) is 0.764. The van der Waals surface area contributed by atoms with Crippen LogP contribution in [0.5, 0.6) is 0 Å². The largest absolute Gasteiger partial charge is 0.465 e. The second kappa shape index (κ2) is 5.22. The zero-order valence-electron chi connectivity index (χ0n) is 5.13. The van der Waals surface area contributed by atoms with Gasteiger partial charge in [0.2, 0.25) is 0 Å². The first-order chi connectivity index (χ1) is 4.72. The Morgan fingerprint density at radius 1 is 1.80 bits per heavy atom. The molecule has 0 unspecified atom stereocenters. The van der Waals surface area contributed by atoms with Crippen molar-refractivity contribution in [2.45, 2.75) is 0 Å². The molecule has 1 N–H and O–H groups in total. The molecule has 5 heteroatoms. The smallest absolute Gasteiger partial charge is 0.408 e. The monoisotopic (exact) mass is 211 g/mol. The Labute approximate surface area is 66.3 Å². The van der Waals surface area contributed by atoms with E-state index in [0.29, 0.717) is 6.33 Å². The Hall–Kier alpha value is -0.580. The molecule has 10 heavy (non-hydrogen) atoms. The summed E-state index contributed by atoms with van der Waals surface area (Å²) in [6, 6.07) is 0. The van der Waals surface area contributed by atoms with Crippen LogP contribution in [0.3, 0.4) is 0 Å². The molecule has 0 atom stereocenters. The number of halogens is 2. The van der Waals surface area contributed by atoms with Crippen LogP contribution in [0.15, 0.2) is 12.4 Å². The number of rotatable bonds is 3. The summed E-state index contributed by atoms with van der Waals surface area (Å²) in [6.07, 6.45) is 0.364. The molecule has 1 amide bonds. The molecule has 0 heterocycles. The van der Waals surface area contributed by atoms with Crippen molar-refractivity contribution in [1.82, 2.24) is 4.90 Å². The van der Waals surface area contributed by atoms with Crippen LogP contribution in [-0.2, 0) is 0 Å². The molecule has 0 radical (unpaired) electrons. The van der Waals surface area contributed by atoms with E-state index in [-0.39, 0.29) is 12.0 Å². The van der Waals surface area contributed by atoms with Crippen molar-refractivity contribution in [3.63, 3.8) is 0 Å². The number of carbonyl (C=O) groups is 1. The molecule has 0 spiro atoms. The number of hydrogen-bond donors (Lipinski definition) is 1. The lowest BCUT2D eigenvalue weighted by Gasteiger charge is -2.11. The summed E-state index contributed by atoms with van der Waals surface area (Å²) in [5, 5.41) is 8.34. The van der Waals surface area contributed by atoms with E-state index in [4.69, 9.17) is 5.11 Å². The summed E-state index contributed by atoms with van der Waals surface area (Å²) in [7, 11) is 0. The molecule has 0 aromatic rings. The number of nitrogens with zero attached hydrogens (tertiary/aromatic N) is 1. The zero-order valence-corrected chi connectivity index (χ0v) is 6.71. The fourth-order valence-electron chi connectivity index (χ4n) is 0.345. The van der Waals surface area contributed by atoms with Gasteiger partial charge in [-0.3, -0.25) is 4.90 Å². The van der Waals surface area contributed by atoms with E-state index in [1.165, 1.54) is 0 Å². The molecule has 0 fully saturated rings. The average Bonchev–Trinajstić information content (AvgIpc) is 1.89. The molecular formula is C5H7BrFNO2. The number of carboxylic acid groups (broad SMARTS) is 1. The molecule has 3 nitrogen and oxygen atoms in total. The van der Waals surface area contributed by atoms with Gasteiger partial charge in [-0.05, 0) is 6.08 Å². The Kier molecular flexibility index (Phi) is 4.92. The molecule has 0 bridgehead atoms. The minimum Gasteiger partial charge on any atom is -0.465 e.